The number of amides is 1. The van der Waals surface area contributed by atoms with Crippen molar-refractivity contribution in [2.75, 3.05) is 27.2 Å². The first-order valence-electron chi connectivity index (χ1n) is 4.13. The predicted molar refractivity (Wildman–Crippen MR) is 59.8 cm³/mol. The van der Waals surface area contributed by atoms with Gasteiger partial charge in [0.15, 0.2) is 0 Å². The third-order valence-corrected chi connectivity index (χ3v) is 1.91. The van der Waals surface area contributed by atoms with E-state index in [1.807, 2.05) is 0 Å². The summed E-state index contributed by atoms with van der Waals surface area (Å²) < 4.78 is 1.14. The van der Waals surface area contributed by atoms with E-state index in [9.17, 15) is 4.79 Å². The highest BCUT2D eigenvalue weighted by Crippen LogP contribution is 1.91. The van der Waals surface area contributed by atoms with E-state index >= 15 is 0 Å². The molecule has 0 aliphatic rings. The molecule has 0 rings (SSSR count). The fraction of sp³-hybridized carbons (Fsp3) is 0.667. The second-order valence-electron chi connectivity index (χ2n) is 3.17. The quantitative estimate of drug-likeness (QED) is 0.551. The molecule has 0 aliphatic heterocycles. The molecule has 1 amide bonds. The standard InChI is InChI=1S/C6H16N.C3H5NO.ClH/c1-5-7(3,4)6-2;1-2-3(4)5;/h5-6H2,1-4H3;2H,1H2,(H2,4,5);1H/q+1;;. The van der Waals surface area contributed by atoms with Gasteiger partial charge >= 0.3 is 0 Å². The molecule has 0 saturated heterocycles. The second-order valence-corrected chi connectivity index (χ2v) is 3.17. The number of carbonyl (C=O) groups is 1. The average molecular weight is 210 g/mol. The fourth-order valence-electron chi connectivity index (χ4n) is 0.224. The second kappa shape index (κ2) is 9.55. The fourth-order valence-corrected chi connectivity index (χ4v) is 0.224. The maximum atomic E-state index is 9.47. The van der Waals surface area contributed by atoms with Crippen LogP contribution < -0.4 is 5.73 Å². The van der Waals surface area contributed by atoms with Gasteiger partial charge in [0.2, 0.25) is 5.91 Å². The minimum atomic E-state index is -0.481. The van der Waals surface area contributed by atoms with Gasteiger partial charge < -0.3 is 10.2 Å². The zero-order valence-corrected chi connectivity index (χ0v) is 9.86. The molecule has 3 nitrogen and oxygen atoms in total. The maximum Gasteiger partial charge on any atom is 0.240 e. The van der Waals surface area contributed by atoms with Crippen LogP contribution in [0.4, 0.5) is 0 Å². The summed E-state index contributed by atoms with van der Waals surface area (Å²) in [5, 5.41) is 0. The summed E-state index contributed by atoms with van der Waals surface area (Å²) in [5.74, 6) is -0.481. The Morgan fingerprint density at radius 3 is 1.62 bits per heavy atom. The molecule has 0 radical (unpaired) electrons. The highest BCUT2D eigenvalue weighted by atomic mass is 35.5. The molecule has 0 aliphatic carbocycles. The molecule has 0 aromatic carbocycles. The summed E-state index contributed by atoms with van der Waals surface area (Å²) in [6.45, 7) is 9.97. The average Bonchev–Trinajstić information content (AvgIpc) is 2.05. The smallest absolute Gasteiger partial charge is 0.240 e. The molecule has 0 fully saturated rings. The first kappa shape index (κ1) is 18.3. The van der Waals surface area contributed by atoms with Crippen molar-refractivity contribution in [2.45, 2.75) is 13.8 Å². The van der Waals surface area contributed by atoms with Crippen LogP contribution in [0.15, 0.2) is 12.7 Å². The minimum Gasteiger partial charge on any atom is -0.366 e. The first-order valence-corrected chi connectivity index (χ1v) is 4.13. The number of halogens is 1. The summed E-state index contributed by atoms with van der Waals surface area (Å²) in [5.41, 5.74) is 4.53. The number of hydrogen-bond acceptors (Lipinski definition) is 1. The van der Waals surface area contributed by atoms with Crippen LogP contribution in [0.1, 0.15) is 13.8 Å². The van der Waals surface area contributed by atoms with Gasteiger partial charge in [0, 0.05) is 0 Å². The monoisotopic (exact) mass is 209 g/mol. The lowest BCUT2D eigenvalue weighted by Crippen LogP contribution is -2.38. The third kappa shape index (κ3) is 18.4. The molecule has 0 saturated carbocycles. The van der Waals surface area contributed by atoms with Crippen molar-refractivity contribution in [3.05, 3.63) is 12.7 Å². The number of nitrogens with zero attached hydrogens (tertiary/aromatic N) is 1. The Bertz CT molecular complexity index is 141. The van der Waals surface area contributed by atoms with Crippen LogP contribution in [0.5, 0.6) is 0 Å². The maximum absolute atomic E-state index is 9.47. The summed E-state index contributed by atoms with van der Waals surface area (Å²) in [6.07, 6.45) is 1.06. The van der Waals surface area contributed by atoms with E-state index in [0.29, 0.717) is 0 Å². The lowest BCUT2D eigenvalue weighted by atomic mass is 10.5. The molecule has 0 aromatic rings. The number of carbonyl (C=O) groups excluding carboxylic acids is 1. The van der Waals surface area contributed by atoms with Crippen molar-refractivity contribution >= 4 is 18.3 Å². The van der Waals surface area contributed by atoms with Gasteiger partial charge in [-0.05, 0) is 19.9 Å². The van der Waals surface area contributed by atoms with Crippen molar-refractivity contribution in [3.8, 4) is 0 Å². The van der Waals surface area contributed by atoms with Crippen LogP contribution in [0.25, 0.3) is 0 Å². The number of rotatable bonds is 3. The van der Waals surface area contributed by atoms with Gasteiger partial charge in [-0.25, -0.2) is 0 Å². The van der Waals surface area contributed by atoms with Crippen molar-refractivity contribution in [3.63, 3.8) is 0 Å². The summed E-state index contributed by atoms with van der Waals surface area (Å²) in [7, 11) is 4.47. The Morgan fingerprint density at radius 2 is 1.62 bits per heavy atom. The van der Waals surface area contributed by atoms with E-state index in [2.05, 4.69) is 40.3 Å². The molecule has 80 valence electrons. The van der Waals surface area contributed by atoms with E-state index in [1.165, 1.54) is 13.1 Å². The topological polar surface area (TPSA) is 43.1 Å². The van der Waals surface area contributed by atoms with Gasteiger partial charge in [-0.2, -0.15) is 0 Å². The van der Waals surface area contributed by atoms with Crippen molar-refractivity contribution in [2.24, 2.45) is 5.73 Å². The van der Waals surface area contributed by atoms with Crippen LogP contribution in [0.3, 0.4) is 0 Å². The highest BCUT2D eigenvalue weighted by molar-refractivity contribution is 5.85. The highest BCUT2D eigenvalue weighted by Gasteiger charge is 2.04. The van der Waals surface area contributed by atoms with Gasteiger partial charge in [0.25, 0.3) is 0 Å². The van der Waals surface area contributed by atoms with Gasteiger partial charge in [0.1, 0.15) is 0 Å². The van der Waals surface area contributed by atoms with Crippen molar-refractivity contribution in [1.82, 2.24) is 0 Å². The number of nitrogens with two attached hydrogens (primary N) is 1. The minimum absolute atomic E-state index is 0. The summed E-state index contributed by atoms with van der Waals surface area (Å²) in [6, 6.07) is 0. The van der Waals surface area contributed by atoms with E-state index < -0.39 is 5.91 Å². The molecule has 4 heteroatoms. The summed E-state index contributed by atoms with van der Waals surface area (Å²) >= 11 is 0. The Morgan fingerprint density at radius 1 is 1.38 bits per heavy atom. The largest absolute Gasteiger partial charge is 0.366 e. The SMILES string of the molecule is C=CC(N)=O.CC[N+](C)(C)CC.Cl. The lowest BCUT2D eigenvalue weighted by Gasteiger charge is -2.25. The lowest BCUT2D eigenvalue weighted by molar-refractivity contribution is -0.886. The molecule has 0 bridgehead atoms. The number of quaternary nitrogens is 1. The molecule has 2 N–H and O–H groups in total. The predicted octanol–water partition coefficient (Wildman–Crippen LogP) is 1.18. The van der Waals surface area contributed by atoms with Crippen LogP contribution in [0.2, 0.25) is 0 Å². The molecule has 13 heavy (non-hydrogen) atoms. The van der Waals surface area contributed by atoms with Crippen LogP contribution in [-0.2, 0) is 4.79 Å². The Hall–Kier alpha value is -0.540. The van der Waals surface area contributed by atoms with Crippen LogP contribution in [0, 0.1) is 0 Å². The van der Waals surface area contributed by atoms with Crippen molar-refractivity contribution in [1.29, 1.82) is 0 Å². The Balaban J connectivity index is -0.000000150. The van der Waals surface area contributed by atoms with Gasteiger partial charge in [0.05, 0.1) is 27.2 Å². The number of hydrogen-bond donors (Lipinski definition) is 1. The van der Waals surface area contributed by atoms with E-state index in [1.54, 1.807) is 0 Å². The zero-order chi connectivity index (χ0) is 10.2. The van der Waals surface area contributed by atoms with Gasteiger partial charge in [-0.15, -0.1) is 12.4 Å². The molecular weight excluding hydrogens is 188 g/mol. The molecular formula is C9H22ClN2O+. The molecule has 0 spiro atoms. The molecule has 0 unspecified atom stereocenters. The van der Waals surface area contributed by atoms with Gasteiger partial charge in [-0.3, -0.25) is 4.79 Å². The first-order chi connectivity index (χ1) is 5.39. The van der Waals surface area contributed by atoms with E-state index in [4.69, 9.17) is 0 Å². The van der Waals surface area contributed by atoms with E-state index in [0.717, 1.165) is 10.6 Å². The number of primary amides is 1. The van der Waals surface area contributed by atoms with E-state index in [-0.39, 0.29) is 12.4 Å². The zero-order valence-electron chi connectivity index (χ0n) is 9.04. The normalized spacial score (nSPS) is 8.92. The van der Waals surface area contributed by atoms with Gasteiger partial charge in [-0.1, -0.05) is 6.58 Å². The van der Waals surface area contributed by atoms with Crippen LogP contribution >= 0.6 is 12.4 Å². The molecule has 0 atom stereocenters. The van der Waals surface area contributed by atoms with Crippen molar-refractivity contribution < 1.29 is 9.28 Å². The molecule has 0 aromatic heterocycles. The third-order valence-electron chi connectivity index (χ3n) is 1.91. The van der Waals surface area contributed by atoms with Crippen LogP contribution in [-0.4, -0.2) is 37.6 Å². The molecule has 0 heterocycles. The Labute approximate surface area is 87.6 Å². The summed E-state index contributed by atoms with van der Waals surface area (Å²) in [4.78, 5) is 9.47. The Kier molecular flexibility index (Phi) is 13.4.